The lowest BCUT2D eigenvalue weighted by molar-refractivity contribution is -0.664. The minimum absolute atomic E-state index is 0.739. The number of aromatic nitrogens is 5. The number of nitrogens with one attached hydrogen (secondary N) is 1. The van der Waals surface area contributed by atoms with Gasteiger partial charge in [-0.2, -0.15) is 4.57 Å². The quantitative estimate of drug-likeness (QED) is 0.139. The molecule has 0 unspecified atom stereocenters. The van der Waals surface area contributed by atoms with Crippen LogP contribution in [-0.4, -0.2) is 28.0 Å². The Morgan fingerprint density at radius 3 is 2.20 bits per heavy atom. The third-order valence-electron chi connectivity index (χ3n) is 7.74. The van der Waals surface area contributed by atoms with Gasteiger partial charge in [0.05, 0.1) is 6.54 Å². The van der Waals surface area contributed by atoms with E-state index in [0.717, 1.165) is 34.2 Å². The van der Waals surface area contributed by atoms with Gasteiger partial charge in [-0.25, -0.2) is 9.55 Å². The normalized spacial score (nSPS) is 13.2. The number of imidazole rings is 1. The summed E-state index contributed by atoms with van der Waals surface area (Å²) in [6.07, 6.45) is 10.6. The van der Waals surface area contributed by atoms with Crippen LogP contribution in [0.3, 0.4) is 0 Å². The van der Waals surface area contributed by atoms with Crippen LogP contribution in [0.2, 0.25) is 0 Å². The summed E-state index contributed by atoms with van der Waals surface area (Å²) in [5.74, 6) is 0.873. The Labute approximate surface area is 244 Å². The fourth-order valence-corrected chi connectivity index (χ4v) is 6.38. The van der Waals surface area contributed by atoms with Crippen molar-refractivity contribution in [2.75, 3.05) is 18.0 Å². The molecule has 3 aromatic heterocycles. The Hall–Kier alpha value is -4.49. The molecule has 41 heavy (non-hydrogen) atoms. The first kappa shape index (κ1) is 25.5. The third-order valence-corrected chi connectivity index (χ3v) is 8.80. The fourth-order valence-electron chi connectivity index (χ4n) is 5.47. The SMILES string of the molecule is c1ccc(CSc2ncnc3c2[nH]c[n+]3Cc2ccc(-c3ccc(-[n+]4ccc(N5CCCC5)cc4)cc3)cc2)cc1. The van der Waals surface area contributed by atoms with Crippen molar-refractivity contribution in [1.82, 2.24) is 15.0 Å². The molecule has 1 fully saturated rings. The molecule has 0 atom stereocenters. The Balaban J connectivity index is 1.02. The molecule has 3 aromatic carbocycles. The zero-order valence-corrected chi connectivity index (χ0v) is 23.7. The molecule has 1 aliphatic heterocycles. The standard InChI is InChI=1S/C34H31N6S/c1-2-6-27(7-3-1)23-41-34-32-33(35-24-36-34)40(25-37-32)22-26-8-10-28(11-9-26)29-12-14-30(15-13-29)39-20-16-31(17-21-39)38-18-4-5-19-38/h1-3,6-17,20-21,24-25H,4-5,18-19,22-23H2/q+1/p+1. The van der Waals surface area contributed by atoms with Crippen molar-refractivity contribution in [3.05, 3.63) is 127 Å². The van der Waals surface area contributed by atoms with E-state index in [1.54, 1.807) is 18.1 Å². The summed E-state index contributed by atoms with van der Waals surface area (Å²) < 4.78 is 4.33. The predicted octanol–water partition coefficient (Wildman–Crippen LogP) is 6.13. The minimum Gasteiger partial charge on any atom is -0.371 e. The van der Waals surface area contributed by atoms with E-state index in [9.17, 15) is 0 Å². The van der Waals surface area contributed by atoms with Gasteiger partial charge in [-0.3, -0.25) is 4.98 Å². The van der Waals surface area contributed by atoms with Gasteiger partial charge in [-0.15, -0.1) is 0 Å². The van der Waals surface area contributed by atoms with Crippen LogP contribution in [0, 0.1) is 0 Å². The molecule has 1 N–H and O–H groups in total. The Morgan fingerprint density at radius 2 is 1.46 bits per heavy atom. The monoisotopic (exact) mass is 556 g/mol. The van der Waals surface area contributed by atoms with E-state index in [0.29, 0.717) is 0 Å². The number of thioether (sulfide) groups is 1. The highest BCUT2D eigenvalue weighted by Gasteiger charge is 2.18. The van der Waals surface area contributed by atoms with Crippen LogP contribution in [-0.2, 0) is 12.3 Å². The molecular weight excluding hydrogens is 524 g/mol. The molecule has 0 amide bonds. The molecule has 7 heteroatoms. The minimum atomic E-state index is 0.739. The number of aromatic amines is 1. The largest absolute Gasteiger partial charge is 0.371 e. The van der Waals surface area contributed by atoms with E-state index in [2.05, 4.69) is 126 Å². The van der Waals surface area contributed by atoms with Gasteiger partial charge < -0.3 is 4.90 Å². The van der Waals surface area contributed by atoms with Gasteiger partial charge in [0.2, 0.25) is 11.2 Å². The highest BCUT2D eigenvalue weighted by Crippen LogP contribution is 2.26. The summed E-state index contributed by atoms with van der Waals surface area (Å²) >= 11 is 1.73. The van der Waals surface area contributed by atoms with Gasteiger partial charge in [-0.05, 0) is 47.2 Å². The Morgan fingerprint density at radius 1 is 0.756 bits per heavy atom. The predicted molar refractivity (Wildman–Crippen MR) is 164 cm³/mol. The smallest absolute Gasteiger partial charge is 0.306 e. The van der Waals surface area contributed by atoms with Gasteiger partial charge in [0.1, 0.15) is 5.03 Å². The molecule has 7 rings (SSSR count). The van der Waals surface area contributed by atoms with Gasteiger partial charge in [-0.1, -0.05) is 71.3 Å². The van der Waals surface area contributed by atoms with Crippen molar-refractivity contribution in [1.29, 1.82) is 0 Å². The summed E-state index contributed by atoms with van der Waals surface area (Å²) in [6.45, 7) is 3.08. The summed E-state index contributed by atoms with van der Waals surface area (Å²) in [5.41, 5.74) is 9.30. The van der Waals surface area contributed by atoms with E-state index < -0.39 is 0 Å². The van der Waals surface area contributed by atoms with Gasteiger partial charge >= 0.3 is 5.65 Å². The lowest BCUT2D eigenvalue weighted by atomic mass is 10.0. The number of hydrogen-bond donors (Lipinski definition) is 1. The average Bonchev–Trinajstić information content (AvgIpc) is 3.73. The van der Waals surface area contributed by atoms with Crippen molar-refractivity contribution in [2.24, 2.45) is 0 Å². The molecule has 1 saturated heterocycles. The summed E-state index contributed by atoms with van der Waals surface area (Å²) in [5, 5.41) is 0.970. The number of fused-ring (bicyclic) bond motifs is 1. The van der Waals surface area contributed by atoms with E-state index >= 15 is 0 Å². The second kappa shape index (κ2) is 11.6. The summed E-state index contributed by atoms with van der Waals surface area (Å²) in [6, 6.07) is 32.5. The Kier molecular flexibility index (Phi) is 7.18. The molecule has 0 aliphatic carbocycles. The number of rotatable bonds is 8. The number of H-pyrrole nitrogens is 1. The third kappa shape index (κ3) is 5.58. The Bertz CT molecular complexity index is 1740. The molecule has 202 valence electrons. The first-order valence-electron chi connectivity index (χ1n) is 14.1. The van der Waals surface area contributed by atoms with E-state index in [1.807, 2.05) is 12.4 Å². The van der Waals surface area contributed by atoms with Crippen molar-refractivity contribution < 1.29 is 9.13 Å². The summed E-state index contributed by atoms with van der Waals surface area (Å²) in [7, 11) is 0. The maximum absolute atomic E-state index is 4.58. The first-order chi connectivity index (χ1) is 20.3. The molecule has 6 nitrogen and oxygen atoms in total. The van der Waals surface area contributed by atoms with Gasteiger partial charge in [0.15, 0.2) is 25.0 Å². The second-order valence-electron chi connectivity index (χ2n) is 10.5. The van der Waals surface area contributed by atoms with Crippen LogP contribution in [0.4, 0.5) is 5.69 Å². The molecule has 1 aliphatic rings. The molecule has 4 heterocycles. The maximum atomic E-state index is 4.58. The molecule has 0 radical (unpaired) electrons. The first-order valence-corrected chi connectivity index (χ1v) is 15.1. The molecule has 0 spiro atoms. The highest BCUT2D eigenvalue weighted by atomic mass is 32.2. The van der Waals surface area contributed by atoms with Gasteiger partial charge in [0, 0.05) is 48.8 Å². The van der Waals surface area contributed by atoms with Gasteiger partial charge in [0.25, 0.3) is 0 Å². The molecule has 0 bridgehead atoms. The zero-order chi connectivity index (χ0) is 27.4. The fraction of sp³-hybridized carbons (Fsp3) is 0.176. The van der Waals surface area contributed by atoms with Crippen molar-refractivity contribution in [3.8, 4) is 16.8 Å². The van der Waals surface area contributed by atoms with Crippen LogP contribution < -0.4 is 14.0 Å². The topological polar surface area (TPSA) is 52.6 Å². The highest BCUT2D eigenvalue weighted by molar-refractivity contribution is 7.98. The van der Waals surface area contributed by atoms with Crippen LogP contribution in [0.15, 0.2) is 121 Å². The van der Waals surface area contributed by atoms with Crippen LogP contribution >= 0.6 is 11.8 Å². The number of nitrogens with zero attached hydrogens (tertiary/aromatic N) is 5. The molecule has 0 saturated carbocycles. The number of benzene rings is 3. The molecular formula is C34H32N6S+2. The van der Waals surface area contributed by atoms with Crippen molar-refractivity contribution in [3.63, 3.8) is 0 Å². The second-order valence-corrected chi connectivity index (χ2v) is 11.4. The average molecular weight is 557 g/mol. The van der Waals surface area contributed by atoms with Crippen molar-refractivity contribution >= 4 is 28.6 Å². The van der Waals surface area contributed by atoms with E-state index in [-0.39, 0.29) is 0 Å². The number of anilines is 1. The van der Waals surface area contributed by atoms with Crippen molar-refractivity contribution in [2.45, 2.75) is 30.2 Å². The van der Waals surface area contributed by atoms with Crippen LogP contribution in [0.1, 0.15) is 24.0 Å². The van der Waals surface area contributed by atoms with Crippen LogP contribution in [0.5, 0.6) is 0 Å². The maximum Gasteiger partial charge on any atom is 0.306 e. The number of hydrogen-bond acceptors (Lipinski definition) is 4. The summed E-state index contributed by atoms with van der Waals surface area (Å²) in [4.78, 5) is 15.0. The van der Waals surface area contributed by atoms with E-state index in [4.69, 9.17) is 0 Å². The lowest BCUT2D eigenvalue weighted by Gasteiger charge is -2.16. The molecule has 6 aromatic rings. The van der Waals surface area contributed by atoms with Crippen LogP contribution in [0.25, 0.3) is 28.0 Å². The number of pyridine rings is 1. The lowest BCUT2D eigenvalue weighted by Crippen LogP contribution is -2.33. The van der Waals surface area contributed by atoms with E-state index in [1.165, 1.54) is 53.9 Å². The zero-order valence-electron chi connectivity index (χ0n) is 22.9.